The lowest BCUT2D eigenvalue weighted by atomic mass is 9.87. The number of Topliss-reactive ketones (excluding diaryl/α,β-unsaturated/α-hetero) is 1. The van der Waals surface area contributed by atoms with Crippen molar-refractivity contribution in [2.24, 2.45) is 0 Å². The van der Waals surface area contributed by atoms with Gasteiger partial charge in [-0.2, -0.15) is 0 Å². The summed E-state index contributed by atoms with van der Waals surface area (Å²) in [6.45, 7) is 8.51. The van der Waals surface area contributed by atoms with E-state index in [1.165, 1.54) is 54.9 Å². The molecule has 6 heteroatoms. The molecule has 4 nitrogen and oxygen atoms in total. The molecule has 0 unspecified atom stereocenters. The van der Waals surface area contributed by atoms with Crippen molar-refractivity contribution in [1.82, 2.24) is 4.98 Å². The van der Waals surface area contributed by atoms with Crippen LogP contribution in [0.15, 0.2) is 46.7 Å². The number of hydrogen-bond donors (Lipinski definition) is 0. The van der Waals surface area contributed by atoms with Crippen LogP contribution in [0.3, 0.4) is 0 Å². The number of thiazole rings is 1. The Morgan fingerprint density at radius 3 is 2.52 bits per heavy atom. The Morgan fingerprint density at radius 1 is 1.06 bits per heavy atom. The third kappa shape index (κ3) is 5.86. The molecular formula is C25H32N2O2S2. The molecule has 0 atom stereocenters. The van der Waals surface area contributed by atoms with Crippen LogP contribution in [0, 0.1) is 0 Å². The van der Waals surface area contributed by atoms with Gasteiger partial charge in [0.05, 0.1) is 9.88 Å². The number of allylic oxidation sites excluding steroid dienone is 5. The van der Waals surface area contributed by atoms with Gasteiger partial charge in [0.25, 0.3) is 0 Å². The van der Waals surface area contributed by atoms with Gasteiger partial charge >= 0.3 is 0 Å². The van der Waals surface area contributed by atoms with Crippen LogP contribution in [0.25, 0.3) is 5.57 Å². The number of aromatic nitrogens is 1. The van der Waals surface area contributed by atoms with Gasteiger partial charge in [0, 0.05) is 34.7 Å². The highest BCUT2D eigenvalue weighted by molar-refractivity contribution is 8.18. The van der Waals surface area contributed by atoms with Crippen molar-refractivity contribution in [3.63, 3.8) is 0 Å². The van der Waals surface area contributed by atoms with E-state index in [0.29, 0.717) is 10.5 Å². The molecular weight excluding hydrogens is 424 g/mol. The summed E-state index contributed by atoms with van der Waals surface area (Å²) in [4.78, 5) is 18.5. The van der Waals surface area contributed by atoms with Crippen molar-refractivity contribution in [1.29, 1.82) is 0 Å². The molecule has 2 aliphatic rings. The lowest BCUT2D eigenvalue weighted by Crippen LogP contribution is -2.28. The first-order chi connectivity index (χ1) is 15.1. The maximum absolute atomic E-state index is 12.5. The summed E-state index contributed by atoms with van der Waals surface area (Å²) < 4.78 is 2.41. The summed E-state index contributed by atoms with van der Waals surface area (Å²) in [5, 5.41) is 14.7. The predicted octanol–water partition coefficient (Wildman–Crippen LogP) is 5.26. The summed E-state index contributed by atoms with van der Waals surface area (Å²) in [6.07, 6.45) is 18.0. The minimum atomic E-state index is -0.164. The summed E-state index contributed by atoms with van der Waals surface area (Å²) in [5.41, 5.74) is 0.565. The molecule has 0 saturated heterocycles. The number of nitrogens with zero attached hydrogens (tertiary/aromatic N) is 2. The number of aryl methyl sites for hydroxylation is 1. The highest BCUT2D eigenvalue weighted by Gasteiger charge is 2.29. The first-order valence-electron chi connectivity index (χ1n) is 11.4. The fraction of sp³-hybridized carbons (Fsp3) is 0.480. The van der Waals surface area contributed by atoms with Gasteiger partial charge in [-0.1, -0.05) is 51.4 Å². The zero-order valence-corrected chi connectivity index (χ0v) is 20.4. The Hall–Kier alpha value is -1.92. The third-order valence-corrected chi connectivity index (χ3v) is 7.82. The van der Waals surface area contributed by atoms with E-state index in [1.54, 1.807) is 24.0 Å². The molecule has 3 rings (SSSR count). The molecule has 0 N–H and O–H groups in total. The summed E-state index contributed by atoms with van der Waals surface area (Å²) in [5.74, 6) is -0.329. The average Bonchev–Trinajstić information content (AvgIpc) is 3.43. The number of thioether (sulfide) groups is 1. The van der Waals surface area contributed by atoms with E-state index in [-0.39, 0.29) is 17.1 Å². The van der Waals surface area contributed by atoms with Gasteiger partial charge in [-0.15, -0.1) is 11.3 Å². The predicted molar refractivity (Wildman–Crippen MR) is 130 cm³/mol. The van der Waals surface area contributed by atoms with E-state index in [0.717, 1.165) is 29.4 Å². The number of carbonyl (C=O) groups is 1. The average molecular weight is 457 g/mol. The van der Waals surface area contributed by atoms with Crippen LogP contribution >= 0.6 is 23.1 Å². The number of rotatable bonds is 11. The Labute approximate surface area is 194 Å². The Morgan fingerprint density at radius 2 is 1.84 bits per heavy atom. The normalized spacial score (nSPS) is 20.3. The molecule has 0 bridgehead atoms. The van der Waals surface area contributed by atoms with E-state index in [4.69, 9.17) is 0 Å². The molecule has 166 valence electrons. The molecule has 31 heavy (non-hydrogen) atoms. The first-order valence-corrected chi connectivity index (χ1v) is 13.0. The van der Waals surface area contributed by atoms with Gasteiger partial charge in [-0.25, -0.2) is 9.56 Å². The molecule has 0 fully saturated rings. The minimum Gasteiger partial charge on any atom is -0.871 e. The van der Waals surface area contributed by atoms with E-state index in [2.05, 4.69) is 35.6 Å². The van der Waals surface area contributed by atoms with Crippen LogP contribution in [0.2, 0.25) is 0 Å². The number of carbonyl (C=O) groups excluding carboxylic acids is 1. The molecule has 1 aromatic heterocycles. The minimum absolute atomic E-state index is 0.164. The van der Waals surface area contributed by atoms with E-state index in [1.807, 2.05) is 13.0 Å². The molecule has 1 aliphatic carbocycles. The molecule has 0 saturated carbocycles. The summed E-state index contributed by atoms with van der Waals surface area (Å²) in [7, 11) is 0. The van der Waals surface area contributed by atoms with Crippen molar-refractivity contribution in [3.8, 4) is 0 Å². The van der Waals surface area contributed by atoms with Crippen molar-refractivity contribution in [3.05, 3.63) is 56.6 Å². The molecule has 0 amide bonds. The standard InChI is InChI=1S/C25H32N2O2S2/c1-4-7-8-9-10-11-16-27(6-3)22-15-13-18(30-22)12-14-19-24(28)23(25(19)29)20-17-26-21(5-2)31-20/h12-15,17H,4-11,16H2,1-3H3. The van der Waals surface area contributed by atoms with Gasteiger partial charge < -0.3 is 5.11 Å². The van der Waals surface area contributed by atoms with Gasteiger partial charge in [0.15, 0.2) is 5.78 Å². The summed E-state index contributed by atoms with van der Waals surface area (Å²) >= 11 is 3.14. The van der Waals surface area contributed by atoms with Crippen LogP contribution in [0.1, 0.15) is 69.2 Å². The molecule has 1 aliphatic heterocycles. The van der Waals surface area contributed by atoms with Crippen molar-refractivity contribution in [2.45, 2.75) is 65.7 Å². The van der Waals surface area contributed by atoms with Gasteiger partial charge in [-0.05, 0) is 43.7 Å². The van der Waals surface area contributed by atoms with E-state index < -0.39 is 0 Å². The van der Waals surface area contributed by atoms with Gasteiger partial charge in [0.2, 0.25) is 5.04 Å². The van der Waals surface area contributed by atoms with Crippen LogP contribution in [-0.2, 0) is 11.2 Å². The lowest BCUT2D eigenvalue weighted by molar-refractivity contribution is -0.521. The molecule has 0 aromatic carbocycles. The Balaban J connectivity index is 1.60. The second kappa shape index (κ2) is 11.6. The number of hydrogen-bond acceptors (Lipinski definition) is 5. The lowest BCUT2D eigenvalue weighted by Gasteiger charge is -2.29. The fourth-order valence-corrected chi connectivity index (χ4v) is 5.55. The maximum atomic E-state index is 12.5. The highest BCUT2D eigenvalue weighted by atomic mass is 32.2. The van der Waals surface area contributed by atoms with E-state index in [9.17, 15) is 9.90 Å². The molecule has 2 heterocycles. The van der Waals surface area contributed by atoms with Crippen molar-refractivity contribution >= 4 is 39.5 Å². The zero-order chi connectivity index (χ0) is 22.2. The largest absolute Gasteiger partial charge is 0.871 e. The Kier molecular flexibility index (Phi) is 8.90. The molecule has 0 spiro atoms. The van der Waals surface area contributed by atoms with Crippen molar-refractivity contribution < 1.29 is 14.5 Å². The van der Waals surface area contributed by atoms with Crippen LogP contribution < -0.4 is 5.11 Å². The molecule has 1 aromatic rings. The third-order valence-electron chi connectivity index (χ3n) is 5.55. The first kappa shape index (κ1) is 23.7. The summed E-state index contributed by atoms with van der Waals surface area (Å²) in [6, 6.07) is 0. The second-order valence-electron chi connectivity index (χ2n) is 7.78. The van der Waals surface area contributed by atoms with Crippen LogP contribution in [0.5, 0.6) is 0 Å². The van der Waals surface area contributed by atoms with Crippen LogP contribution in [-0.4, -0.2) is 33.5 Å². The zero-order valence-electron chi connectivity index (χ0n) is 18.8. The quantitative estimate of drug-likeness (QED) is 0.259. The fourth-order valence-electron chi connectivity index (χ4n) is 3.65. The van der Waals surface area contributed by atoms with Gasteiger partial charge in [0.1, 0.15) is 13.1 Å². The monoisotopic (exact) mass is 456 g/mol. The number of unbranched alkanes of at least 4 members (excludes halogenated alkanes) is 5. The SMILES string of the molecule is CCCCCCCC[N+](CC)=C1C=C/C(=C/C=C2/C(=O)C(c3cnc(CC)s3)=C2[O-])S1. The maximum Gasteiger partial charge on any atom is 0.239 e. The number of ketones is 1. The van der Waals surface area contributed by atoms with E-state index >= 15 is 0 Å². The smallest absolute Gasteiger partial charge is 0.239 e. The highest BCUT2D eigenvalue weighted by Crippen LogP contribution is 2.37. The van der Waals surface area contributed by atoms with Gasteiger partial charge in [-0.3, -0.25) is 4.79 Å². The molecule has 0 radical (unpaired) electrons. The van der Waals surface area contributed by atoms with Crippen LogP contribution in [0.4, 0.5) is 0 Å². The Bertz CT molecular complexity index is 964. The van der Waals surface area contributed by atoms with Crippen molar-refractivity contribution in [2.75, 3.05) is 13.1 Å². The second-order valence-corrected chi connectivity index (χ2v) is 9.98. The topological polar surface area (TPSA) is 56.0 Å².